The number of thiazole rings is 1. The van der Waals surface area contributed by atoms with Crippen molar-refractivity contribution in [1.82, 2.24) is 9.97 Å². The fourth-order valence-electron chi connectivity index (χ4n) is 3.15. The molecule has 0 spiro atoms. The molecule has 8 heteroatoms. The van der Waals surface area contributed by atoms with Crippen LogP contribution < -0.4 is 5.32 Å². The minimum absolute atomic E-state index is 0.0326. The molecule has 0 fully saturated rings. The molecule has 0 aliphatic rings. The van der Waals surface area contributed by atoms with Gasteiger partial charge >= 0.3 is 5.97 Å². The fraction of sp³-hybridized carbons (Fsp3) is 0.167. The van der Waals surface area contributed by atoms with Crippen molar-refractivity contribution in [3.05, 3.63) is 86.5 Å². The van der Waals surface area contributed by atoms with Crippen molar-refractivity contribution in [2.75, 3.05) is 5.32 Å². The van der Waals surface area contributed by atoms with E-state index in [4.69, 9.17) is 16.3 Å². The average molecular weight is 466 g/mol. The van der Waals surface area contributed by atoms with E-state index >= 15 is 0 Å². The Kier molecular flexibility index (Phi) is 6.48. The Morgan fingerprint density at radius 1 is 1.06 bits per heavy atom. The SMILES string of the molecule is Cc1ccc(C)c(NC(=O)Cc2nc(COC(=O)c3ccc4nc(Cl)ccc4c3)cs2)c1. The average Bonchev–Trinajstić information content (AvgIpc) is 3.21. The number of amides is 1. The number of carbonyl (C=O) groups excluding carboxylic acids is 2. The standard InChI is InChI=1S/C24H20ClN3O3S/c1-14-3-4-15(2)20(9-14)28-22(29)11-23-26-18(13-32-23)12-31-24(30)17-5-7-19-16(10-17)6-8-21(25)27-19/h3-10,13H,11-12H2,1-2H3,(H,28,29). The largest absolute Gasteiger partial charge is 0.456 e. The second kappa shape index (κ2) is 9.46. The Bertz CT molecular complexity index is 1320. The van der Waals surface area contributed by atoms with E-state index in [1.165, 1.54) is 11.3 Å². The predicted molar refractivity (Wildman–Crippen MR) is 126 cm³/mol. The van der Waals surface area contributed by atoms with Crippen molar-refractivity contribution < 1.29 is 14.3 Å². The molecule has 0 aliphatic carbocycles. The summed E-state index contributed by atoms with van der Waals surface area (Å²) in [6.45, 7) is 3.96. The normalized spacial score (nSPS) is 10.8. The highest BCUT2D eigenvalue weighted by molar-refractivity contribution is 7.09. The Morgan fingerprint density at radius 2 is 1.91 bits per heavy atom. The van der Waals surface area contributed by atoms with Crippen LogP contribution in [0.5, 0.6) is 0 Å². The first kappa shape index (κ1) is 21.9. The number of ether oxygens (including phenoxy) is 1. The van der Waals surface area contributed by atoms with Gasteiger partial charge in [-0.2, -0.15) is 0 Å². The zero-order chi connectivity index (χ0) is 22.7. The lowest BCUT2D eigenvalue weighted by molar-refractivity contribution is -0.115. The van der Waals surface area contributed by atoms with Gasteiger partial charge in [0.2, 0.25) is 5.91 Å². The maximum absolute atomic E-state index is 12.4. The van der Waals surface area contributed by atoms with Crippen molar-refractivity contribution >= 4 is 51.4 Å². The number of carbonyl (C=O) groups is 2. The summed E-state index contributed by atoms with van der Waals surface area (Å²) in [6, 6.07) is 14.5. The first-order valence-corrected chi connectivity index (χ1v) is 11.2. The number of hydrogen-bond acceptors (Lipinski definition) is 6. The van der Waals surface area contributed by atoms with Gasteiger partial charge in [-0.15, -0.1) is 11.3 Å². The summed E-state index contributed by atoms with van der Waals surface area (Å²) in [5.74, 6) is -0.592. The molecule has 4 rings (SSSR count). The summed E-state index contributed by atoms with van der Waals surface area (Å²) in [5.41, 5.74) is 4.61. The zero-order valence-electron chi connectivity index (χ0n) is 17.5. The summed E-state index contributed by atoms with van der Waals surface area (Å²) >= 11 is 7.25. The summed E-state index contributed by atoms with van der Waals surface area (Å²) < 4.78 is 5.39. The molecule has 0 saturated carbocycles. The van der Waals surface area contributed by atoms with Gasteiger partial charge in [-0.1, -0.05) is 23.7 Å². The first-order valence-electron chi connectivity index (χ1n) is 9.91. The van der Waals surface area contributed by atoms with Gasteiger partial charge in [-0.05, 0) is 61.4 Å². The lowest BCUT2D eigenvalue weighted by Gasteiger charge is -2.08. The zero-order valence-corrected chi connectivity index (χ0v) is 19.1. The lowest BCUT2D eigenvalue weighted by Crippen LogP contribution is -2.15. The summed E-state index contributed by atoms with van der Waals surface area (Å²) in [4.78, 5) is 33.4. The molecule has 6 nitrogen and oxygen atoms in total. The molecule has 2 heterocycles. The molecule has 32 heavy (non-hydrogen) atoms. The molecule has 0 bridgehead atoms. The summed E-state index contributed by atoms with van der Waals surface area (Å²) in [7, 11) is 0. The van der Waals surface area contributed by atoms with Crippen molar-refractivity contribution in [3.63, 3.8) is 0 Å². The molecule has 162 valence electrons. The number of hydrogen-bond donors (Lipinski definition) is 1. The van der Waals surface area contributed by atoms with E-state index in [0.717, 1.165) is 22.2 Å². The second-order valence-electron chi connectivity index (χ2n) is 7.39. The maximum atomic E-state index is 12.4. The van der Waals surface area contributed by atoms with E-state index in [2.05, 4.69) is 15.3 Å². The van der Waals surface area contributed by atoms with Gasteiger partial charge in [0.05, 0.1) is 23.2 Å². The van der Waals surface area contributed by atoms with Crippen LogP contribution in [0.15, 0.2) is 53.9 Å². The monoisotopic (exact) mass is 465 g/mol. The number of aryl methyl sites for hydroxylation is 2. The Labute approximate surface area is 194 Å². The van der Waals surface area contributed by atoms with Gasteiger partial charge in [0, 0.05) is 16.5 Å². The summed E-state index contributed by atoms with van der Waals surface area (Å²) in [6.07, 6.45) is 0.159. The van der Waals surface area contributed by atoms with Crippen LogP contribution in [0.2, 0.25) is 5.15 Å². The predicted octanol–water partition coefficient (Wildman–Crippen LogP) is 5.50. The van der Waals surface area contributed by atoms with Gasteiger partial charge in [0.1, 0.15) is 16.8 Å². The van der Waals surface area contributed by atoms with Crippen LogP contribution in [0.25, 0.3) is 10.9 Å². The highest BCUT2D eigenvalue weighted by atomic mass is 35.5. The number of benzene rings is 2. The molecule has 4 aromatic rings. The molecular weight excluding hydrogens is 446 g/mol. The van der Waals surface area contributed by atoms with Gasteiger partial charge in [0.15, 0.2) is 0 Å². The fourth-order valence-corrected chi connectivity index (χ4v) is 4.08. The first-order chi connectivity index (χ1) is 15.4. The minimum atomic E-state index is -0.455. The van der Waals surface area contributed by atoms with E-state index in [1.807, 2.05) is 32.0 Å². The van der Waals surface area contributed by atoms with Crippen LogP contribution in [-0.4, -0.2) is 21.8 Å². The van der Waals surface area contributed by atoms with Gasteiger partial charge in [-0.3, -0.25) is 4.79 Å². The van der Waals surface area contributed by atoms with Crippen LogP contribution >= 0.6 is 22.9 Å². The van der Waals surface area contributed by atoms with E-state index in [-0.39, 0.29) is 18.9 Å². The number of nitrogens with zero attached hydrogens (tertiary/aromatic N) is 2. The third kappa shape index (κ3) is 5.30. The van der Waals surface area contributed by atoms with E-state index in [9.17, 15) is 9.59 Å². The quantitative estimate of drug-likeness (QED) is 0.300. The third-order valence-corrected chi connectivity index (χ3v) is 5.93. The van der Waals surface area contributed by atoms with Crippen molar-refractivity contribution in [2.45, 2.75) is 26.9 Å². The maximum Gasteiger partial charge on any atom is 0.338 e. The molecule has 1 N–H and O–H groups in total. The third-order valence-electron chi connectivity index (χ3n) is 4.82. The molecular formula is C24H20ClN3O3S. The minimum Gasteiger partial charge on any atom is -0.456 e. The number of esters is 1. The Morgan fingerprint density at radius 3 is 2.75 bits per heavy atom. The molecule has 1 amide bonds. The number of fused-ring (bicyclic) bond motifs is 1. The van der Waals surface area contributed by atoms with Gasteiger partial charge < -0.3 is 10.1 Å². The van der Waals surface area contributed by atoms with E-state index < -0.39 is 5.97 Å². The number of anilines is 1. The van der Waals surface area contributed by atoms with E-state index in [1.54, 1.807) is 35.7 Å². The highest BCUT2D eigenvalue weighted by Crippen LogP contribution is 2.20. The van der Waals surface area contributed by atoms with E-state index in [0.29, 0.717) is 26.9 Å². The van der Waals surface area contributed by atoms with Crippen molar-refractivity contribution in [2.24, 2.45) is 0 Å². The van der Waals surface area contributed by atoms with Gasteiger partial charge in [-0.25, -0.2) is 14.8 Å². The lowest BCUT2D eigenvalue weighted by atomic mass is 10.1. The van der Waals surface area contributed by atoms with Crippen LogP contribution in [0.3, 0.4) is 0 Å². The smallest absolute Gasteiger partial charge is 0.338 e. The van der Waals surface area contributed by atoms with Crippen LogP contribution in [-0.2, 0) is 22.6 Å². The van der Waals surface area contributed by atoms with Crippen LogP contribution in [0, 0.1) is 13.8 Å². The van der Waals surface area contributed by atoms with Crippen molar-refractivity contribution in [3.8, 4) is 0 Å². The molecule has 0 radical (unpaired) electrons. The molecule has 0 unspecified atom stereocenters. The molecule has 2 aromatic heterocycles. The number of pyridine rings is 1. The Hall–Kier alpha value is -3.29. The highest BCUT2D eigenvalue weighted by Gasteiger charge is 2.13. The molecule has 2 aromatic carbocycles. The van der Waals surface area contributed by atoms with Gasteiger partial charge in [0.25, 0.3) is 0 Å². The number of nitrogens with one attached hydrogen (secondary N) is 1. The topological polar surface area (TPSA) is 81.2 Å². The van der Waals surface area contributed by atoms with Crippen molar-refractivity contribution in [1.29, 1.82) is 0 Å². The molecule has 0 aliphatic heterocycles. The van der Waals surface area contributed by atoms with Crippen LogP contribution in [0.4, 0.5) is 5.69 Å². The Balaban J connectivity index is 1.34. The number of rotatable bonds is 6. The number of halogens is 1. The molecule has 0 atom stereocenters. The van der Waals surface area contributed by atoms with Crippen LogP contribution in [0.1, 0.15) is 32.2 Å². The summed E-state index contributed by atoms with van der Waals surface area (Å²) in [5, 5.41) is 6.58. The second-order valence-corrected chi connectivity index (χ2v) is 8.72. The molecule has 0 saturated heterocycles. The number of aromatic nitrogens is 2.